The molecule has 2 aliphatic heterocycles. The molecule has 4 aliphatic rings. The van der Waals surface area contributed by atoms with Crippen LogP contribution in [0.15, 0.2) is 48.5 Å². The molecule has 234 valence electrons. The standard InChI is InChI=1S/C36H48Cl2N2O3/c37-31-13-9-28(10-14-31)34(17-5-18-34)33(39-21-3-1-7-27(23-39)25-41)40-22-4-2-8-30(24-40)36(43,26-42)35(19-6-20-35)29-11-15-32(38)16-12-29/h9-16,26-27,30,33,41,43H,1-8,17-25H2. The van der Waals surface area contributed by atoms with E-state index in [1.165, 1.54) is 12.0 Å². The quantitative estimate of drug-likeness (QED) is 0.294. The zero-order valence-corrected chi connectivity index (χ0v) is 26.9. The van der Waals surface area contributed by atoms with E-state index in [4.69, 9.17) is 23.2 Å². The van der Waals surface area contributed by atoms with Crippen LogP contribution in [-0.4, -0.2) is 70.9 Å². The van der Waals surface area contributed by atoms with Crippen molar-refractivity contribution in [3.05, 3.63) is 69.7 Å². The molecule has 2 aromatic carbocycles. The van der Waals surface area contributed by atoms with Crippen LogP contribution in [0.2, 0.25) is 10.0 Å². The summed E-state index contributed by atoms with van der Waals surface area (Å²) < 4.78 is 0. The molecular weight excluding hydrogens is 579 g/mol. The Bertz CT molecular complexity index is 1230. The van der Waals surface area contributed by atoms with Gasteiger partial charge in [0.1, 0.15) is 5.60 Å². The number of carbonyl (C=O) groups is 1. The molecule has 43 heavy (non-hydrogen) atoms. The summed E-state index contributed by atoms with van der Waals surface area (Å²) in [5.41, 5.74) is 0.282. The normalized spacial score (nSPS) is 28.4. The number of carbonyl (C=O) groups excluding carboxylic acids is 1. The average molecular weight is 628 g/mol. The lowest BCUT2D eigenvalue weighted by Gasteiger charge is -2.58. The van der Waals surface area contributed by atoms with Gasteiger partial charge in [0.2, 0.25) is 0 Å². The Hall–Kier alpha value is -1.47. The third-order valence-electron chi connectivity index (χ3n) is 11.8. The van der Waals surface area contributed by atoms with Crippen LogP contribution in [0.4, 0.5) is 0 Å². The zero-order valence-electron chi connectivity index (χ0n) is 25.4. The molecular formula is C36H48Cl2N2O3. The van der Waals surface area contributed by atoms with Gasteiger partial charge in [-0.3, -0.25) is 9.80 Å². The van der Waals surface area contributed by atoms with Gasteiger partial charge in [-0.15, -0.1) is 0 Å². The maximum atomic E-state index is 13.2. The Morgan fingerprint density at radius 3 is 1.86 bits per heavy atom. The molecule has 2 heterocycles. The van der Waals surface area contributed by atoms with Crippen molar-refractivity contribution in [3.63, 3.8) is 0 Å². The lowest BCUT2D eigenvalue weighted by molar-refractivity contribution is -0.156. The van der Waals surface area contributed by atoms with E-state index in [1.54, 1.807) is 0 Å². The molecule has 4 unspecified atom stereocenters. The van der Waals surface area contributed by atoms with Crippen molar-refractivity contribution in [1.29, 1.82) is 0 Å². The van der Waals surface area contributed by atoms with Crippen molar-refractivity contribution in [2.75, 3.05) is 32.8 Å². The Labute approximate surface area is 267 Å². The molecule has 0 amide bonds. The Balaban J connectivity index is 1.39. The van der Waals surface area contributed by atoms with Crippen LogP contribution in [0, 0.1) is 11.8 Å². The average Bonchev–Trinajstić information content (AvgIpc) is 3.37. The molecule has 2 aromatic rings. The molecule has 7 heteroatoms. The number of aldehydes is 1. The molecule has 6 rings (SSSR count). The first-order chi connectivity index (χ1) is 20.8. The van der Waals surface area contributed by atoms with Gasteiger partial charge in [-0.05, 0) is 106 Å². The fourth-order valence-corrected chi connectivity index (χ4v) is 9.42. The summed E-state index contributed by atoms with van der Waals surface area (Å²) in [6, 6.07) is 16.3. The first-order valence-electron chi connectivity index (χ1n) is 16.6. The fraction of sp³-hybridized carbons (Fsp3) is 0.639. The van der Waals surface area contributed by atoms with Crippen molar-refractivity contribution in [2.45, 2.75) is 99.6 Å². The van der Waals surface area contributed by atoms with Crippen LogP contribution in [0.25, 0.3) is 0 Å². The molecule has 2 N–H and O–H groups in total. The zero-order chi connectivity index (χ0) is 30.1. The second-order valence-electron chi connectivity index (χ2n) is 14.0. The van der Waals surface area contributed by atoms with E-state index in [0.29, 0.717) is 11.6 Å². The van der Waals surface area contributed by atoms with Gasteiger partial charge in [0.25, 0.3) is 0 Å². The number of aliphatic hydroxyl groups is 2. The van der Waals surface area contributed by atoms with Gasteiger partial charge in [-0.2, -0.15) is 0 Å². The second-order valence-corrected chi connectivity index (χ2v) is 14.9. The Morgan fingerprint density at radius 2 is 1.35 bits per heavy atom. The van der Waals surface area contributed by atoms with Gasteiger partial charge >= 0.3 is 0 Å². The van der Waals surface area contributed by atoms with Crippen molar-refractivity contribution in [1.82, 2.24) is 9.80 Å². The predicted molar refractivity (Wildman–Crippen MR) is 174 cm³/mol. The molecule has 0 radical (unpaired) electrons. The molecule has 2 saturated carbocycles. The van der Waals surface area contributed by atoms with Gasteiger partial charge in [-0.25, -0.2) is 0 Å². The number of aliphatic hydroxyl groups excluding tert-OH is 1. The Kier molecular flexibility index (Phi) is 9.60. The lowest BCUT2D eigenvalue weighted by Crippen LogP contribution is -2.66. The number of hydrogen-bond donors (Lipinski definition) is 2. The highest BCUT2D eigenvalue weighted by Crippen LogP contribution is 2.55. The largest absolute Gasteiger partial charge is 0.396 e. The monoisotopic (exact) mass is 626 g/mol. The van der Waals surface area contributed by atoms with E-state index >= 15 is 0 Å². The van der Waals surface area contributed by atoms with Gasteiger partial charge < -0.3 is 15.0 Å². The van der Waals surface area contributed by atoms with Crippen molar-refractivity contribution in [2.24, 2.45) is 11.8 Å². The number of rotatable bonds is 9. The van der Waals surface area contributed by atoms with E-state index in [0.717, 1.165) is 107 Å². The van der Waals surface area contributed by atoms with E-state index in [1.807, 2.05) is 36.4 Å². The number of halogens is 2. The van der Waals surface area contributed by atoms with Gasteiger partial charge in [-0.1, -0.05) is 73.2 Å². The van der Waals surface area contributed by atoms with E-state index in [9.17, 15) is 15.0 Å². The number of likely N-dealkylation sites (tertiary alicyclic amines) is 2. The summed E-state index contributed by atoms with van der Waals surface area (Å²) in [7, 11) is 0. The van der Waals surface area contributed by atoms with Crippen LogP contribution in [0.5, 0.6) is 0 Å². The maximum absolute atomic E-state index is 13.2. The highest BCUT2D eigenvalue weighted by Gasteiger charge is 2.60. The molecule has 4 atom stereocenters. The summed E-state index contributed by atoms with van der Waals surface area (Å²) in [5.74, 6) is 0.0964. The SMILES string of the molecule is O=CC(O)(C1CCCCN(C(N2CCCCC(CO)C2)C2(c3ccc(Cl)cc3)CCC2)C1)C1(c2ccc(Cl)cc2)CCC1. The van der Waals surface area contributed by atoms with Crippen molar-refractivity contribution >= 4 is 29.5 Å². The maximum Gasteiger partial charge on any atom is 0.152 e. The molecule has 0 bridgehead atoms. The molecule has 2 saturated heterocycles. The van der Waals surface area contributed by atoms with Crippen LogP contribution < -0.4 is 0 Å². The van der Waals surface area contributed by atoms with Gasteiger partial charge in [0.15, 0.2) is 6.29 Å². The second kappa shape index (κ2) is 13.1. The van der Waals surface area contributed by atoms with E-state index in [-0.39, 0.29) is 30.0 Å². The topological polar surface area (TPSA) is 64.0 Å². The van der Waals surface area contributed by atoms with Crippen LogP contribution in [0.1, 0.15) is 88.2 Å². The summed E-state index contributed by atoms with van der Waals surface area (Å²) >= 11 is 12.6. The first-order valence-corrected chi connectivity index (χ1v) is 17.4. The molecule has 0 aromatic heterocycles. The molecule has 5 nitrogen and oxygen atoms in total. The Morgan fingerprint density at radius 1 is 0.791 bits per heavy atom. The lowest BCUT2D eigenvalue weighted by atomic mass is 9.52. The van der Waals surface area contributed by atoms with Crippen LogP contribution in [-0.2, 0) is 15.6 Å². The first kappa shape index (κ1) is 31.5. The summed E-state index contributed by atoms with van der Waals surface area (Å²) in [6.45, 7) is 3.73. The number of benzene rings is 2. The van der Waals surface area contributed by atoms with E-state index < -0.39 is 11.0 Å². The minimum absolute atomic E-state index is 0.0482. The minimum Gasteiger partial charge on any atom is -0.396 e. The summed E-state index contributed by atoms with van der Waals surface area (Å²) in [5, 5.41) is 24.3. The molecule has 0 spiro atoms. The number of hydrogen-bond acceptors (Lipinski definition) is 5. The summed E-state index contributed by atoms with van der Waals surface area (Å²) in [6.07, 6.45) is 13.3. The molecule has 4 fully saturated rings. The highest BCUT2D eigenvalue weighted by atomic mass is 35.5. The smallest absolute Gasteiger partial charge is 0.152 e. The van der Waals surface area contributed by atoms with E-state index in [2.05, 4.69) is 21.9 Å². The summed E-state index contributed by atoms with van der Waals surface area (Å²) in [4.78, 5) is 18.5. The van der Waals surface area contributed by atoms with Crippen molar-refractivity contribution in [3.8, 4) is 0 Å². The van der Waals surface area contributed by atoms with Gasteiger partial charge in [0.05, 0.1) is 6.17 Å². The van der Waals surface area contributed by atoms with Gasteiger partial charge in [0, 0.05) is 46.5 Å². The molecule has 2 aliphatic carbocycles. The van der Waals surface area contributed by atoms with Crippen molar-refractivity contribution < 1.29 is 15.0 Å². The number of nitrogens with zero attached hydrogens (tertiary/aromatic N) is 2. The third kappa shape index (κ3) is 5.72. The third-order valence-corrected chi connectivity index (χ3v) is 12.3. The van der Waals surface area contributed by atoms with Crippen LogP contribution in [0.3, 0.4) is 0 Å². The minimum atomic E-state index is -1.45. The van der Waals surface area contributed by atoms with Crippen LogP contribution >= 0.6 is 23.2 Å². The predicted octanol–water partition coefficient (Wildman–Crippen LogP) is 6.99. The highest BCUT2D eigenvalue weighted by molar-refractivity contribution is 6.30. The fourth-order valence-electron chi connectivity index (χ4n) is 9.17.